The lowest BCUT2D eigenvalue weighted by Crippen LogP contribution is -2.44. The number of carboxylic acids is 1. The molecule has 0 atom stereocenters. The summed E-state index contributed by atoms with van der Waals surface area (Å²) in [7, 11) is 1.56. The monoisotopic (exact) mass is 300 g/mol. The van der Waals surface area contributed by atoms with Crippen LogP contribution in [0.5, 0.6) is 0 Å². The summed E-state index contributed by atoms with van der Waals surface area (Å²) in [5.41, 5.74) is -1.20. The summed E-state index contributed by atoms with van der Waals surface area (Å²) in [6.07, 6.45) is 2.18. The molecule has 0 aromatic heterocycles. The molecule has 1 aliphatic carbocycles. The van der Waals surface area contributed by atoms with Crippen LogP contribution in [0, 0.1) is 11.3 Å². The van der Waals surface area contributed by atoms with Crippen molar-refractivity contribution in [2.75, 3.05) is 26.8 Å². The molecule has 7 nitrogen and oxygen atoms in total. The minimum Gasteiger partial charge on any atom is -0.481 e. The van der Waals surface area contributed by atoms with Gasteiger partial charge in [0.25, 0.3) is 0 Å². The van der Waals surface area contributed by atoms with Crippen molar-refractivity contribution < 1.29 is 24.2 Å². The maximum atomic E-state index is 11.7. The molecule has 3 amide bonds. The van der Waals surface area contributed by atoms with E-state index in [1.807, 2.05) is 0 Å². The summed E-state index contributed by atoms with van der Waals surface area (Å²) in [6, 6.07) is -0.545. The van der Waals surface area contributed by atoms with Crippen molar-refractivity contribution in [3.8, 4) is 0 Å². The number of rotatable bonds is 8. The Morgan fingerprint density at radius 3 is 2.48 bits per heavy atom. The van der Waals surface area contributed by atoms with Gasteiger partial charge >= 0.3 is 12.0 Å². The highest BCUT2D eigenvalue weighted by atomic mass is 16.5. The predicted molar refractivity (Wildman–Crippen MR) is 75.7 cm³/mol. The first-order valence-electron chi connectivity index (χ1n) is 7.08. The first-order chi connectivity index (χ1) is 9.72. The minimum atomic E-state index is -1.20. The molecule has 120 valence electrons. The number of hydrogen-bond acceptors (Lipinski definition) is 4. The van der Waals surface area contributed by atoms with Crippen LogP contribution in [0.15, 0.2) is 0 Å². The molecule has 0 unspecified atom stereocenters. The second-order valence-electron chi connectivity index (χ2n) is 6.16. The SMILES string of the molecule is CN(CCOCC1CC1)C(=O)NC(=O)CC(C)(C)C(=O)O. The van der Waals surface area contributed by atoms with Gasteiger partial charge in [0, 0.05) is 26.6 Å². The fourth-order valence-electron chi connectivity index (χ4n) is 1.57. The van der Waals surface area contributed by atoms with E-state index in [2.05, 4.69) is 5.32 Å². The molecule has 0 spiro atoms. The van der Waals surface area contributed by atoms with Gasteiger partial charge in [-0.15, -0.1) is 0 Å². The molecule has 1 fully saturated rings. The second kappa shape index (κ2) is 7.40. The Labute approximate surface area is 124 Å². The van der Waals surface area contributed by atoms with E-state index in [-0.39, 0.29) is 6.42 Å². The molecule has 2 N–H and O–H groups in total. The second-order valence-corrected chi connectivity index (χ2v) is 6.16. The van der Waals surface area contributed by atoms with Gasteiger partial charge in [-0.25, -0.2) is 4.79 Å². The summed E-state index contributed by atoms with van der Waals surface area (Å²) < 4.78 is 5.41. The summed E-state index contributed by atoms with van der Waals surface area (Å²) >= 11 is 0. The van der Waals surface area contributed by atoms with Gasteiger partial charge in [0.2, 0.25) is 5.91 Å². The predicted octanol–water partition coefficient (Wildman–Crippen LogP) is 1.08. The molecule has 21 heavy (non-hydrogen) atoms. The largest absolute Gasteiger partial charge is 0.481 e. The number of imide groups is 1. The number of hydrogen-bond donors (Lipinski definition) is 2. The lowest BCUT2D eigenvalue weighted by molar-refractivity contribution is -0.149. The summed E-state index contributed by atoms with van der Waals surface area (Å²) in [6.45, 7) is 4.41. The molecule has 0 bridgehead atoms. The standard InChI is InChI=1S/C14H24N2O5/c1-14(2,12(18)19)8-11(17)15-13(20)16(3)6-7-21-9-10-4-5-10/h10H,4-9H2,1-3H3,(H,18,19)(H,15,17,20). The summed E-state index contributed by atoms with van der Waals surface area (Å²) in [5, 5.41) is 11.1. The summed E-state index contributed by atoms with van der Waals surface area (Å²) in [5.74, 6) is -1.01. The lowest BCUT2D eigenvalue weighted by atomic mass is 9.89. The van der Waals surface area contributed by atoms with Gasteiger partial charge in [0.1, 0.15) is 0 Å². The van der Waals surface area contributed by atoms with Crippen LogP contribution < -0.4 is 5.32 Å². The first-order valence-corrected chi connectivity index (χ1v) is 7.08. The molecule has 1 saturated carbocycles. The van der Waals surface area contributed by atoms with Crippen LogP contribution >= 0.6 is 0 Å². The smallest absolute Gasteiger partial charge is 0.323 e. The van der Waals surface area contributed by atoms with Crippen molar-refractivity contribution in [3.63, 3.8) is 0 Å². The van der Waals surface area contributed by atoms with E-state index in [0.29, 0.717) is 19.1 Å². The Kier molecular flexibility index (Phi) is 6.14. The van der Waals surface area contributed by atoms with Crippen LogP contribution in [0.3, 0.4) is 0 Å². The number of carbonyl (C=O) groups is 3. The number of urea groups is 1. The molecule has 1 aliphatic rings. The average molecular weight is 300 g/mol. The minimum absolute atomic E-state index is 0.250. The Balaban J connectivity index is 2.23. The van der Waals surface area contributed by atoms with Gasteiger partial charge in [-0.2, -0.15) is 0 Å². The highest BCUT2D eigenvalue weighted by Crippen LogP contribution is 2.28. The third-order valence-electron chi connectivity index (χ3n) is 3.40. The van der Waals surface area contributed by atoms with Gasteiger partial charge < -0.3 is 14.7 Å². The fourth-order valence-corrected chi connectivity index (χ4v) is 1.57. The molecule has 0 saturated heterocycles. The Morgan fingerprint density at radius 2 is 1.95 bits per heavy atom. The molecule has 1 rings (SSSR count). The van der Waals surface area contributed by atoms with E-state index in [9.17, 15) is 14.4 Å². The fraction of sp³-hybridized carbons (Fsp3) is 0.786. The topological polar surface area (TPSA) is 95.9 Å². The zero-order chi connectivity index (χ0) is 16.0. The van der Waals surface area contributed by atoms with E-state index in [0.717, 1.165) is 6.61 Å². The number of carbonyl (C=O) groups excluding carboxylic acids is 2. The van der Waals surface area contributed by atoms with Gasteiger partial charge in [0.15, 0.2) is 0 Å². The molecule has 0 aromatic rings. The average Bonchev–Trinajstić information content (AvgIpc) is 3.17. The van der Waals surface area contributed by atoms with Crippen LogP contribution in [0.2, 0.25) is 0 Å². The highest BCUT2D eigenvalue weighted by molar-refractivity contribution is 5.96. The number of carboxylic acid groups (broad SMARTS) is 1. The van der Waals surface area contributed by atoms with E-state index < -0.39 is 23.3 Å². The number of likely N-dealkylation sites (N-methyl/N-ethyl adjacent to an activating group) is 1. The van der Waals surface area contributed by atoms with Crippen LogP contribution in [0.25, 0.3) is 0 Å². The molecule has 0 aliphatic heterocycles. The normalized spacial score (nSPS) is 14.6. The number of nitrogens with zero attached hydrogens (tertiary/aromatic N) is 1. The first kappa shape index (κ1) is 17.4. The summed E-state index contributed by atoms with van der Waals surface area (Å²) in [4.78, 5) is 35.7. The Hall–Kier alpha value is -1.63. The lowest BCUT2D eigenvalue weighted by Gasteiger charge is -2.20. The zero-order valence-electron chi connectivity index (χ0n) is 12.8. The Morgan fingerprint density at radius 1 is 1.33 bits per heavy atom. The van der Waals surface area contributed by atoms with Gasteiger partial charge in [-0.3, -0.25) is 14.9 Å². The van der Waals surface area contributed by atoms with Crippen molar-refractivity contribution in [1.82, 2.24) is 10.2 Å². The van der Waals surface area contributed by atoms with Gasteiger partial charge in [0.05, 0.1) is 12.0 Å². The van der Waals surface area contributed by atoms with Gasteiger partial charge in [-0.05, 0) is 32.6 Å². The van der Waals surface area contributed by atoms with Crippen LogP contribution in [-0.4, -0.2) is 54.7 Å². The van der Waals surface area contributed by atoms with E-state index >= 15 is 0 Å². The maximum Gasteiger partial charge on any atom is 0.323 e. The Bertz CT molecular complexity index is 404. The van der Waals surface area contributed by atoms with Crippen LogP contribution in [0.4, 0.5) is 4.79 Å². The van der Waals surface area contributed by atoms with E-state index in [1.54, 1.807) is 7.05 Å². The zero-order valence-corrected chi connectivity index (χ0v) is 12.8. The van der Waals surface area contributed by atoms with Crippen LogP contribution in [-0.2, 0) is 14.3 Å². The molecule has 7 heteroatoms. The van der Waals surface area contributed by atoms with Crippen molar-refractivity contribution in [2.24, 2.45) is 11.3 Å². The molecular formula is C14H24N2O5. The molecule has 0 heterocycles. The van der Waals surface area contributed by atoms with Crippen molar-refractivity contribution in [2.45, 2.75) is 33.1 Å². The quantitative estimate of drug-likeness (QED) is 0.654. The van der Waals surface area contributed by atoms with Crippen LogP contribution in [0.1, 0.15) is 33.1 Å². The third-order valence-corrected chi connectivity index (χ3v) is 3.40. The van der Waals surface area contributed by atoms with E-state index in [1.165, 1.54) is 31.6 Å². The maximum absolute atomic E-state index is 11.7. The number of ether oxygens (including phenoxy) is 1. The van der Waals surface area contributed by atoms with E-state index in [4.69, 9.17) is 9.84 Å². The third kappa shape index (κ3) is 6.57. The molecular weight excluding hydrogens is 276 g/mol. The molecule has 0 aromatic carbocycles. The van der Waals surface area contributed by atoms with Crippen molar-refractivity contribution >= 4 is 17.9 Å². The number of nitrogens with one attached hydrogen (secondary N) is 1. The van der Waals surface area contributed by atoms with Crippen molar-refractivity contribution in [1.29, 1.82) is 0 Å². The number of amides is 3. The van der Waals surface area contributed by atoms with Crippen molar-refractivity contribution in [3.05, 3.63) is 0 Å². The highest BCUT2D eigenvalue weighted by Gasteiger charge is 2.31. The molecule has 0 radical (unpaired) electrons. The number of aliphatic carboxylic acids is 1. The van der Waals surface area contributed by atoms with Gasteiger partial charge in [-0.1, -0.05) is 0 Å².